The van der Waals surface area contributed by atoms with Crippen molar-refractivity contribution < 1.29 is 14.3 Å². The van der Waals surface area contributed by atoms with Crippen molar-refractivity contribution in [2.24, 2.45) is 0 Å². The maximum absolute atomic E-state index is 12.7. The zero-order chi connectivity index (χ0) is 19.3. The molecule has 0 radical (unpaired) electrons. The molecule has 5 nitrogen and oxygen atoms in total. The second-order valence-corrected chi connectivity index (χ2v) is 7.68. The Labute approximate surface area is 166 Å². The van der Waals surface area contributed by atoms with Gasteiger partial charge in [0.05, 0.1) is 0 Å². The summed E-state index contributed by atoms with van der Waals surface area (Å²) in [5.41, 5.74) is 3.75. The number of rotatable bonds is 5. The van der Waals surface area contributed by atoms with Gasteiger partial charge in [0.25, 0.3) is 0 Å². The fraction of sp³-hybridized carbons (Fsp3) is 0.435. The zero-order valence-corrected chi connectivity index (χ0v) is 16.5. The van der Waals surface area contributed by atoms with E-state index in [4.69, 9.17) is 9.47 Å². The number of benzene rings is 2. The predicted molar refractivity (Wildman–Crippen MR) is 109 cm³/mol. The molecule has 0 saturated carbocycles. The fourth-order valence-electron chi connectivity index (χ4n) is 3.84. The van der Waals surface area contributed by atoms with E-state index in [0.717, 1.165) is 62.6 Å². The standard InChI is InChI=1S/C23H28N2O3/c1-18-3-5-20(6-4-18)16-24-11-2-12-25(14-13-24)23(26)10-8-19-7-9-21-22(15-19)28-17-27-21/h3-7,9,15H,2,8,10-14,16-17H2,1H3. The van der Waals surface area contributed by atoms with Crippen LogP contribution in [0.25, 0.3) is 0 Å². The molecule has 0 N–H and O–H groups in total. The Morgan fingerprint density at radius 3 is 2.57 bits per heavy atom. The smallest absolute Gasteiger partial charge is 0.231 e. The molecule has 4 rings (SSSR count). The summed E-state index contributed by atoms with van der Waals surface area (Å²) in [7, 11) is 0. The summed E-state index contributed by atoms with van der Waals surface area (Å²) in [6, 6.07) is 14.7. The third kappa shape index (κ3) is 4.65. The minimum atomic E-state index is 0.245. The van der Waals surface area contributed by atoms with Crippen LogP contribution in [0.4, 0.5) is 0 Å². The van der Waals surface area contributed by atoms with E-state index < -0.39 is 0 Å². The van der Waals surface area contributed by atoms with Gasteiger partial charge in [-0.3, -0.25) is 9.69 Å². The van der Waals surface area contributed by atoms with Crippen LogP contribution in [0, 0.1) is 6.92 Å². The summed E-state index contributed by atoms with van der Waals surface area (Å²) >= 11 is 0. The Morgan fingerprint density at radius 2 is 1.71 bits per heavy atom. The first-order chi connectivity index (χ1) is 13.7. The Morgan fingerprint density at radius 1 is 0.929 bits per heavy atom. The second kappa shape index (κ2) is 8.65. The predicted octanol–water partition coefficient (Wildman–Crippen LogP) is 3.39. The maximum atomic E-state index is 12.7. The van der Waals surface area contributed by atoms with E-state index in [1.807, 2.05) is 23.1 Å². The molecule has 0 atom stereocenters. The lowest BCUT2D eigenvalue weighted by Crippen LogP contribution is -2.35. The molecular weight excluding hydrogens is 352 g/mol. The molecule has 0 bridgehead atoms. The normalized spacial score (nSPS) is 16.8. The molecule has 0 unspecified atom stereocenters. The molecule has 2 aliphatic heterocycles. The number of ether oxygens (including phenoxy) is 2. The number of fused-ring (bicyclic) bond motifs is 1. The highest BCUT2D eigenvalue weighted by molar-refractivity contribution is 5.76. The lowest BCUT2D eigenvalue weighted by Gasteiger charge is -2.22. The van der Waals surface area contributed by atoms with Crippen molar-refractivity contribution in [1.82, 2.24) is 9.80 Å². The van der Waals surface area contributed by atoms with Gasteiger partial charge in [-0.15, -0.1) is 0 Å². The number of hydrogen-bond acceptors (Lipinski definition) is 4. The Bertz CT molecular complexity index is 819. The maximum Gasteiger partial charge on any atom is 0.231 e. The van der Waals surface area contributed by atoms with Gasteiger partial charge < -0.3 is 14.4 Å². The van der Waals surface area contributed by atoms with Crippen LogP contribution in [-0.2, 0) is 17.8 Å². The highest BCUT2D eigenvalue weighted by Crippen LogP contribution is 2.32. The highest BCUT2D eigenvalue weighted by atomic mass is 16.7. The molecule has 2 aromatic carbocycles. The van der Waals surface area contributed by atoms with Crippen LogP contribution in [0.1, 0.15) is 29.5 Å². The molecule has 2 aliphatic rings. The van der Waals surface area contributed by atoms with Crippen molar-refractivity contribution in [3.8, 4) is 11.5 Å². The van der Waals surface area contributed by atoms with E-state index in [-0.39, 0.29) is 12.7 Å². The lowest BCUT2D eigenvalue weighted by molar-refractivity contribution is -0.131. The molecular formula is C23H28N2O3. The Kier molecular flexibility index (Phi) is 5.81. The Balaban J connectivity index is 1.26. The average molecular weight is 380 g/mol. The van der Waals surface area contributed by atoms with Gasteiger partial charge in [0, 0.05) is 39.1 Å². The average Bonchev–Trinajstić information content (AvgIpc) is 3.05. The van der Waals surface area contributed by atoms with Crippen molar-refractivity contribution in [2.75, 3.05) is 33.0 Å². The van der Waals surface area contributed by atoms with Crippen molar-refractivity contribution in [3.05, 3.63) is 59.2 Å². The van der Waals surface area contributed by atoms with E-state index in [1.54, 1.807) is 0 Å². The molecule has 5 heteroatoms. The minimum absolute atomic E-state index is 0.245. The van der Waals surface area contributed by atoms with Crippen molar-refractivity contribution >= 4 is 5.91 Å². The summed E-state index contributed by atoms with van der Waals surface area (Å²) in [5.74, 6) is 1.82. The largest absolute Gasteiger partial charge is 0.454 e. The Hall–Kier alpha value is -2.53. The van der Waals surface area contributed by atoms with E-state index in [9.17, 15) is 4.79 Å². The quantitative estimate of drug-likeness (QED) is 0.797. The van der Waals surface area contributed by atoms with Gasteiger partial charge in [0.15, 0.2) is 11.5 Å². The van der Waals surface area contributed by atoms with Crippen molar-refractivity contribution in [3.63, 3.8) is 0 Å². The zero-order valence-electron chi connectivity index (χ0n) is 16.5. The topological polar surface area (TPSA) is 42.0 Å². The van der Waals surface area contributed by atoms with Gasteiger partial charge in [0.1, 0.15) is 0 Å². The molecule has 148 valence electrons. The summed E-state index contributed by atoms with van der Waals surface area (Å²) in [4.78, 5) is 17.2. The fourth-order valence-corrected chi connectivity index (χ4v) is 3.84. The third-order valence-corrected chi connectivity index (χ3v) is 5.53. The molecule has 1 amide bonds. The monoisotopic (exact) mass is 380 g/mol. The first-order valence-electron chi connectivity index (χ1n) is 10.1. The minimum Gasteiger partial charge on any atom is -0.454 e. The van der Waals surface area contributed by atoms with Gasteiger partial charge >= 0.3 is 0 Å². The van der Waals surface area contributed by atoms with Crippen LogP contribution in [0.3, 0.4) is 0 Å². The summed E-state index contributed by atoms with van der Waals surface area (Å²) in [5, 5.41) is 0. The van der Waals surface area contributed by atoms with Crippen LogP contribution in [0.2, 0.25) is 0 Å². The third-order valence-electron chi connectivity index (χ3n) is 5.53. The number of carbonyl (C=O) groups excluding carboxylic acids is 1. The first-order valence-corrected chi connectivity index (χ1v) is 10.1. The van der Waals surface area contributed by atoms with Crippen LogP contribution in [0.15, 0.2) is 42.5 Å². The molecule has 2 aromatic rings. The molecule has 0 aromatic heterocycles. The summed E-state index contributed by atoms with van der Waals surface area (Å²) in [6.45, 7) is 6.99. The first kappa shape index (κ1) is 18.8. The molecule has 0 aliphatic carbocycles. The summed E-state index contributed by atoms with van der Waals surface area (Å²) < 4.78 is 10.8. The molecule has 2 heterocycles. The van der Waals surface area contributed by atoms with E-state index >= 15 is 0 Å². The molecule has 1 saturated heterocycles. The number of hydrogen-bond donors (Lipinski definition) is 0. The lowest BCUT2D eigenvalue weighted by atomic mass is 10.1. The van der Waals surface area contributed by atoms with Crippen molar-refractivity contribution in [1.29, 1.82) is 0 Å². The number of nitrogens with zero attached hydrogens (tertiary/aromatic N) is 2. The van der Waals surface area contributed by atoms with E-state index in [1.165, 1.54) is 11.1 Å². The van der Waals surface area contributed by atoms with E-state index in [0.29, 0.717) is 6.42 Å². The summed E-state index contributed by atoms with van der Waals surface area (Å²) in [6.07, 6.45) is 2.30. The van der Waals surface area contributed by atoms with E-state index in [2.05, 4.69) is 36.1 Å². The molecule has 1 fully saturated rings. The van der Waals surface area contributed by atoms with Gasteiger partial charge in [0.2, 0.25) is 12.7 Å². The van der Waals surface area contributed by atoms with Crippen LogP contribution in [-0.4, -0.2) is 48.7 Å². The van der Waals surface area contributed by atoms with Gasteiger partial charge in [-0.1, -0.05) is 35.9 Å². The SMILES string of the molecule is Cc1ccc(CN2CCCN(C(=O)CCc3ccc4c(c3)OCO4)CC2)cc1. The van der Waals surface area contributed by atoms with Gasteiger partial charge in [-0.2, -0.15) is 0 Å². The molecule has 0 spiro atoms. The van der Waals surface area contributed by atoms with Crippen LogP contribution < -0.4 is 9.47 Å². The van der Waals surface area contributed by atoms with Crippen molar-refractivity contribution in [2.45, 2.75) is 32.7 Å². The van der Waals surface area contributed by atoms with Gasteiger partial charge in [-0.05, 0) is 43.0 Å². The number of carbonyl (C=O) groups is 1. The molecule has 28 heavy (non-hydrogen) atoms. The van der Waals surface area contributed by atoms with Crippen LogP contribution in [0.5, 0.6) is 11.5 Å². The highest BCUT2D eigenvalue weighted by Gasteiger charge is 2.20. The second-order valence-electron chi connectivity index (χ2n) is 7.68. The van der Waals surface area contributed by atoms with Gasteiger partial charge in [-0.25, -0.2) is 0 Å². The van der Waals surface area contributed by atoms with Crippen LogP contribution >= 0.6 is 0 Å². The number of aryl methyl sites for hydroxylation is 2. The number of amides is 1.